The van der Waals surface area contributed by atoms with Crippen molar-refractivity contribution in [1.82, 2.24) is 9.55 Å². The van der Waals surface area contributed by atoms with Gasteiger partial charge < -0.3 is 9.67 Å². The number of aromatic nitrogens is 2. The average molecular weight is 265 g/mol. The van der Waals surface area contributed by atoms with Crippen LogP contribution in [-0.4, -0.2) is 14.7 Å². The van der Waals surface area contributed by atoms with Crippen LogP contribution in [0.15, 0.2) is 30.6 Å². The Balaban J connectivity index is 2.06. The molecule has 4 heteroatoms. The monoisotopic (exact) mass is 264 g/mol. The molecule has 0 saturated carbocycles. The summed E-state index contributed by atoms with van der Waals surface area (Å²) in [6.07, 6.45) is 4.57. The van der Waals surface area contributed by atoms with Crippen molar-refractivity contribution in [1.29, 1.82) is 0 Å². The molecule has 0 saturated heterocycles. The summed E-state index contributed by atoms with van der Waals surface area (Å²) in [6.45, 7) is 1.93. The number of aliphatic hydroxyl groups is 1. The Morgan fingerprint density at radius 3 is 2.89 bits per heavy atom. The topological polar surface area (TPSA) is 38.1 Å². The van der Waals surface area contributed by atoms with Crippen molar-refractivity contribution < 1.29 is 5.11 Å². The van der Waals surface area contributed by atoms with E-state index in [0.29, 0.717) is 11.4 Å². The minimum atomic E-state index is -0.500. The third-order valence-electron chi connectivity index (χ3n) is 3.23. The van der Waals surface area contributed by atoms with Crippen molar-refractivity contribution in [2.45, 2.75) is 25.9 Å². The van der Waals surface area contributed by atoms with Gasteiger partial charge in [0.2, 0.25) is 0 Å². The zero-order valence-corrected chi connectivity index (χ0v) is 11.4. The Morgan fingerprint density at radius 1 is 1.44 bits per heavy atom. The van der Waals surface area contributed by atoms with E-state index in [4.69, 9.17) is 11.6 Å². The molecule has 18 heavy (non-hydrogen) atoms. The molecule has 0 aliphatic heterocycles. The van der Waals surface area contributed by atoms with Crippen LogP contribution in [0.4, 0.5) is 0 Å². The van der Waals surface area contributed by atoms with Crippen LogP contribution in [0.3, 0.4) is 0 Å². The number of rotatable bonds is 4. The first-order valence-corrected chi connectivity index (χ1v) is 6.36. The van der Waals surface area contributed by atoms with Crippen LogP contribution in [0.25, 0.3) is 0 Å². The second kappa shape index (κ2) is 5.55. The van der Waals surface area contributed by atoms with Crippen molar-refractivity contribution in [3.63, 3.8) is 0 Å². The number of hydrogen-bond acceptors (Lipinski definition) is 2. The van der Waals surface area contributed by atoms with Crippen LogP contribution in [0.5, 0.6) is 0 Å². The van der Waals surface area contributed by atoms with Crippen LogP contribution in [0.1, 0.15) is 29.5 Å². The molecule has 0 amide bonds. The van der Waals surface area contributed by atoms with E-state index >= 15 is 0 Å². The molecular formula is C14H17ClN2O. The van der Waals surface area contributed by atoms with E-state index in [-0.39, 0.29) is 0 Å². The fraction of sp³-hybridized carbons (Fsp3) is 0.357. The molecule has 1 atom stereocenters. The molecule has 1 N–H and O–H groups in total. The highest BCUT2D eigenvalue weighted by Crippen LogP contribution is 2.26. The van der Waals surface area contributed by atoms with E-state index in [9.17, 15) is 5.11 Å². The van der Waals surface area contributed by atoms with Crippen LogP contribution < -0.4 is 0 Å². The molecule has 0 bridgehead atoms. The van der Waals surface area contributed by atoms with E-state index in [1.165, 1.54) is 0 Å². The highest BCUT2D eigenvalue weighted by Gasteiger charge is 2.13. The zero-order chi connectivity index (χ0) is 13.1. The standard InChI is InChI=1S/C14H17ClN2O/c1-10-11(4-3-5-12(10)15)13(18)6-7-14-16-8-9-17(14)2/h3-5,8-9,13,18H,6-7H2,1-2H3. The van der Waals surface area contributed by atoms with E-state index in [1.807, 2.05) is 42.9 Å². The lowest BCUT2D eigenvalue weighted by Gasteiger charge is -2.14. The first-order chi connectivity index (χ1) is 8.59. The molecule has 1 unspecified atom stereocenters. The molecule has 3 nitrogen and oxygen atoms in total. The zero-order valence-electron chi connectivity index (χ0n) is 10.6. The van der Waals surface area contributed by atoms with E-state index in [0.717, 1.165) is 23.4 Å². The number of aryl methyl sites for hydroxylation is 2. The van der Waals surface area contributed by atoms with Crippen molar-refractivity contribution in [3.05, 3.63) is 52.6 Å². The van der Waals surface area contributed by atoms with Gasteiger partial charge >= 0.3 is 0 Å². The number of imidazole rings is 1. The Hall–Kier alpha value is -1.32. The van der Waals surface area contributed by atoms with Gasteiger partial charge in [0.05, 0.1) is 6.10 Å². The molecule has 1 aromatic carbocycles. The molecule has 1 aromatic heterocycles. The van der Waals surface area contributed by atoms with E-state index in [1.54, 1.807) is 6.20 Å². The Kier molecular flexibility index (Phi) is 4.04. The van der Waals surface area contributed by atoms with Crippen molar-refractivity contribution in [2.24, 2.45) is 7.05 Å². The SMILES string of the molecule is Cc1c(Cl)cccc1C(O)CCc1nccn1C. The van der Waals surface area contributed by atoms with Crippen LogP contribution in [0, 0.1) is 6.92 Å². The lowest BCUT2D eigenvalue weighted by atomic mass is 10.00. The minimum Gasteiger partial charge on any atom is -0.388 e. The first kappa shape index (κ1) is 13.1. The molecule has 0 spiro atoms. The van der Waals surface area contributed by atoms with E-state index < -0.39 is 6.10 Å². The molecule has 2 rings (SSSR count). The molecule has 0 radical (unpaired) electrons. The van der Waals surface area contributed by atoms with Gasteiger partial charge in [0.1, 0.15) is 5.82 Å². The summed E-state index contributed by atoms with van der Waals surface area (Å²) in [4.78, 5) is 4.25. The van der Waals surface area contributed by atoms with Crippen molar-refractivity contribution >= 4 is 11.6 Å². The fourth-order valence-corrected chi connectivity index (χ4v) is 2.23. The summed E-state index contributed by atoms with van der Waals surface area (Å²) >= 11 is 6.06. The maximum Gasteiger partial charge on any atom is 0.108 e. The van der Waals surface area contributed by atoms with Gasteiger partial charge in [-0.1, -0.05) is 23.7 Å². The van der Waals surface area contributed by atoms with Crippen LogP contribution in [-0.2, 0) is 13.5 Å². The van der Waals surface area contributed by atoms with Gasteiger partial charge in [0.15, 0.2) is 0 Å². The van der Waals surface area contributed by atoms with Gasteiger partial charge in [-0.3, -0.25) is 0 Å². The summed E-state index contributed by atoms with van der Waals surface area (Å²) in [6, 6.07) is 5.63. The number of benzene rings is 1. The minimum absolute atomic E-state index is 0.500. The smallest absolute Gasteiger partial charge is 0.108 e. The second-order valence-electron chi connectivity index (χ2n) is 4.46. The first-order valence-electron chi connectivity index (χ1n) is 5.99. The molecule has 96 valence electrons. The number of halogens is 1. The predicted molar refractivity (Wildman–Crippen MR) is 72.7 cm³/mol. The summed E-state index contributed by atoms with van der Waals surface area (Å²) < 4.78 is 1.97. The maximum absolute atomic E-state index is 10.2. The van der Waals surface area contributed by atoms with E-state index in [2.05, 4.69) is 4.98 Å². The lowest BCUT2D eigenvalue weighted by Crippen LogP contribution is -2.05. The summed E-state index contributed by atoms with van der Waals surface area (Å²) in [5.41, 5.74) is 1.85. The largest absolute Gasteiger partial charge is 0.388 e. The molecule has 0 aliphatic carbocycles. The van der Waals surface area contributed by atoms with Gasteiger partial charge in [-0.2, -0.15) is 0 Å². The van der Waals surface area contributed by atoms with Gasteiger partial charge in [0, 0.05) is 30.9 Å². The Labute approximate surface area is 112 Å². The highest BCUT2D eigenvalue weighted by molar-refractivity contribution is 6.31. The van der Waals surface area contributed by atoms with Gasteiger partial charge in [0.25, 0.3) is 0 Å². The maximum atomic E-state index is 10.2. The molecule has 0 aliphatic rings. The molecule has 1 heterocycles. The number of nitrogens with zero attached hydrogens (tertiary/aromatic N) is 2. The summed E-state index contributed by atoms with van der Waals surface area (Å²) in [5.74, 6) is 0.980. The number of hydrogen-bond donors (Lipinski definition) is 1. The highest BCUT2D eigenvalue weighted by atomic mass is 35.5. The van der Waals surface area contributed by atoms with Crippen molar-refractivity contribution in [2.75, 3.05) is 0 Å². The number of aliphatic hydroxyl groups excluding tert-OH is 1. The molecular weight excluding hydrogens is 248 g/mol. The third kappa shape index (κ3) is 2.74. The van der Waals surface area contributed by atoms with Gasteiger partial charge in [-0.05, 0) is 30.5 Å². The molecule has 2 aromatic rings. The summed E-state index contributed by atoms with van der Waals surface area (Å²) in [5, 5.41) is 10.9. The second-order valence-corrected chi connectivity index (χ2v) is 4.87. The Morgan fingerprint density at radius 2 is 2.22 bits per heavy atom. The summed E-state index contributed by atoms with van der Waals surface area (Å²) in [7, 11) is 1.96. The lowest BCUT2D eigenvalue weighted by molar-refractivity contribution is 0.166. The Bertz CT molecular complexity index is 536. The average Bonchev–Trinajstić information content (AvgIpc) is 2.75. The quantitative estimate of drug-likeness (QED) is 0.922. The predicted octanol–water partition coefficient (Wildman–Crippen LogP) is 3.05. The third-order valence-corrected chi connectivity index (χ3v) is 3.64. The van der Waals surface area contributed by atoms with Gasteiger partial charge in [-0.15, -0.1) is 0 Å². The fourth-order valence-electron chi connectivity index (χ4n) is 2.04. The van der Waals surface area contributed by atoms with Crippen LogP contribution >= 0.6 is 11.6 Å². The molecule has 0 fully saturated rings. The van der Waals surface area contributed by atoms with Crippen molar-refractivity contribution in [3.8, 4) is 0 Å². The van der Waals surface area contributed by atoms with Crippen LogP contribution in [0.2, 0.25) is 5.02 Å². The normalized spacial score (nSPS) is 12.7. The van der Waals surface area contributed by atoms with Gasteiger partial charge in [-0.25, -0.2) is 4.98 Å².